The first-order chi connectivity index (χ1) is 10.4. The smallest absolute Gasteiger partial charge is 0.374 e. The molecule has 1 aromatic carbocycles. The number of benzene rings is 1. The largest absolute Gasteiger partial charge is 0.534 e. The Balaban J connectivity index is 3.45. The molecule has 3 nitrogen and oxygen atoms in total. The summed E-state index contributed by atoms with van der Waals surface area (Å²) in [5.74, 6) is -2.03. The van der Waals surface area contributed by atoms with Gasteiger partial charge in [0.05, 0.1) is 10.8 Å². The number of alkyl halides is 7. The topological polar surface area (TPSA) is 43.4 Å². The van der Waals surface area contributed by atoms with Gasteiger partial charge in [-0.15, -0.1) is 11.6 Å². The molecule has 130 valence electrons. The van der Waals surface area contributed by atoms with Crippen LogP contribution in [0.15, 0.2) is 35.2 Å². The van der Waals surface area contributed by atoms with Crippen molar-refractivity contribution in [3.63, 3.8) is 0 Å². The van der Waals surface area contributed by atoms with E-state index in [0.29, 0.717) is 0 Å². The van der Waals surface area contributed by atoms with Gasteiger partial charge in [0.15, 0.2) is 5.76 Å². The number of thioether (sulfide) groups is 1. The molecule has 0 aliphatic rings. The number of hydrogen-bond acceptors (Lipinski definition) is 4. The van der Waals surface area contributed by atoms with Crippen LogP contribution in [0.2, 0.25) is 0 Å². The van der Waals surface area contributed by atoms with Crippen molar-refractivity contribution >= 4 is 39.2 Å². The lowest BCUT2D eigenvalue weighted by Crippen LogP contribution is -2.25. The van der Waals surface area contributed by atoms with Crippen molar-refractivity contribution < 1.29 is 38.9 Å². The monoisotopic (exact) mass is 400 g/mol. The first-order valence-corrected chi connectivity index (χ1v) is 8.24. The van der Waals surface area contributed by atoms with E-state index in [9.17, 15) is 34.8 Å². The van der Waals surface area contributed by atoms with Crippen LogP contribution in [0.1, 0.15) is 5.56 Å². The zero-order valence-corrected chi connectivity index (χ0v) is 13.2. The van der Waals surface area contributed by atoms with Gasteiger partial charge < -0.3 is 4.18 Å². The lowest BCUT2D eigenvalue weighted by Gasteiger charge is -2.16. The summed E-state index contributed by atoms with van der Waals surface area (Å²) in [6, 6.07) is 6.16. The standard InChI is InChI=1S/C11H7ClF6O3S2/c12-6-8(22-10(13,14)15)9(7-4-2-1-3-5-7)21-23(19,20)11(16,17)18/h1-5H,6H2/b9-8+. The van der Waals surface area contributed by atoms with Crippen LogP contribution in [-0.2, 0) is 14.3 Å². The Labute approximate surface area is 136 Å². The van der Waals surface area contributed by atoms with Gasteiger partial charge in [0.2, 0.25) is 0 Å². The molecular formula is C11H7ClF6O3S2. The van der Waals surface area contributed by atoms with Crippen molar-refractivity contribution in [3.05, 3.63) is 40.8 Å². The summed E-state index contributed by atoms with van der Waals surface area (Å²) in [6.07, 6.45) is 0. The summed E-state index contributed by atoms with van der Waals surface area (Å²) in [4.78, 5) is -0.918. The second-order valence-electron chi connectivity index (χ2n) is 3.78. The Morgan fingerprint density at radius 1 is 1.09 bits per heavy atom. The number of halogens is 7. The molecule has 0 fully saturated rings. The van der Waals surface area contributed by atoms with E-state index in [1.54, 1.807) is 0 Å². The number of rotatable bonds is 5. The summed E-state index contributed by atoms with van der Waals surface area (Å²) < 4.78 is 101. The highest BCUT2D eigenvalue weighted by molar-refractivity contribution is 8.04. The number of allylic oxidation sites excluding steroid dienone is 1. The summed E-state index contributed by atoms with van der Waals surface area (Å²) in [5, 5.41) is 0. The van der Waals surface area contributed by atoms with Crippen molar-refractivity contribution in [1.29, 1.82) is 0 Å². The third-order valence-electron chi connectivity index (χ3n) is 2.13. The normalized spacial score (nSPS) is 14.4. The van der Waals surface area contributed by atoms with Crippen molar-refractivity contribution in [1.82, 2.24) is 0 Å². The fourth-order valence-electron chi connectivity index (χ4n) is 1.28. The molecule has 0 N–H and O–H groups in total. The van der Waals surface area contributed by atoms with Gasteiger partial charge >= 0.3 is 21.1 Å². The van der Waals surface area contributed by atoms with Crippen LogP contribution in [0.4, 0.5) is 26.3 Å². The zero-order chi connectivity index (χ0) is 17.9. The van der Waals surface area contributed by atoms with Crippen molar-refractivity contribution in [2.45, 2.75) is 11.0 Å². The van der Waals surface area contributed by atoms with Crippen molar-refractivity contribution in [2.24, 2.45) is 0 Å². The summed E-state index contributed by atoms with van der Waals surface area (Å²) in [5.41, 5.74) is -11.0. The van der Waals surface area contributed by atoms with Gasteiger partial charge in [-0.1, -0.05) is 30.3 Å². The maximum Gasteiger partial charge on any atom is 0.534 e. The highest BCUT2D eigenvalue weighted by Gasteiger charge is 2.49. The van der Waals surface area contributed by atoms with E-state index in [0.717, 1.165) is 12.1 Å². The van der Waals surface area contributed by atoms with Crippen LogP contribution in [0, 0.1) is 0 Å². The van der Waals surface area contributed by atoms with Crippen LogP contribution < -0.4 is 0 Å². The molecule has 0 heterocycles. The zero-order valence-electron chi connectivity index (χ0n) is 10.8. The van der Waals surface area contributed by atoms with Crippen LogP contribution in [0.3, 0.4) is 0 Å². The lowest BCUT2D eigenvalue weighted by molar-refractivity contribution is -0.0509. The van der Waals surface area contributed by atoms with E-state index >= 15 is 0 Å². The van der Waals surface area contributed by atoms with Gasteiger partial charge in [0.1, 0.15) is 0 Å². The molecule has 0 aliphatic heterocycles. The second-order valence-corrected chi connectivity index (χ2v) is 6.75. The minimum absolute atomic E-state index is 0.298. The third kappa shape index (κ3) is 5.81. The molecule has 0 unspecified atom stereocenters. The van der Waals surface area contributed by atoms with E-state index in [1.807, 2.05) is 0 Å². The average molecular weight is 401 g/mol. The molecule has 0 saturated carbocycles. The molecule has 0 aromatic heterocycles. The molecule has 0 bridgehead atoms. The molecule has 12 heteroatoms. The second kappa shape index (κ2) is 7.22. The van der Waals surface area contributed by atoms with Gasteiger partial charge in [0.25, 0.3) is 0 Å². The minimum atomic E-state index is -6.15. The molecule has 1 rings (SSSR count). The first-order valence-electron chi connectivity index (χ1n) is 5.48. The van der Waals surface area contributed by atoms with Crippen LogP contribution >= 0.6 is 23.4 Å². The van der Waals surface area contributed by atoms with Crippen molar-refractivity contribution in [2.75, 3.05) is 5.88 Å². The highest BCUT2D eigenvalue weighted by Crippen LogP contribution is 2.42. The Morgan fingerprint density at radius 3 is 2.00 bits per heavy atom. The van der Waals surface area contributed by atoms with Crippen LogP contribution in [-0.4, -0.2) is 25.3 Å². The summed E-state index contributed by atoms with van der Waals surface area (Å²) in [6.45, 7) is 0. The molecule has 23 heavy (non-hydrogen) atoms. The Morgan fingerprint density at radius 2 is 1.61 bits per heavy atom. The Kier molecular flexibility index (Phi) is 6.27. The van der Waals surface area contributed by atoms with Crippen LogP contribution in [0.5, 0.6) is 0 Å². The number of hydrogen-bond donors (Lipinski definition) is 0. The quantitative estimate of drug-likeness (QED) is 0.236. The maximum atomic E-state index is 12.5. The van der Waals surface area contributed by atoms with Gasteiger partial charge in [0, 0.05) is 5.56 Å². The predicted octanol–water partition coefficient (Wildman–Crippen LogP) is 4.71. The first kappa shape index (κ1) is 20.0. The molecule has 0 radical (unpaired) electrons. The fraction of sp³-hybridized carbons (Fsp3) is 0.273. The molecule has 0 saturated heterocycles. The molecule has 0 atom stereocenters. The Bertz CT molecular complexity index is 667. The molecule has 1 aromatic rings. The molecule has 0 amide bonds. The molecular weight excluding hydrogens is 394 g/mol. The summed E-state index contributed by atoms with van der Waals surface area (Å²) >= 11 is 4.47. The fourth-order valence-corrected chi connectivity index (χ4v) is 2.71. The van der Waals surface area contributed by atoms with Gasteiger partial charge in [-0.25, -0.2) is 0 Å². The van der Waals surface area contributed by atoms with E-state index in [1.165, 1.54) is 18.2 Å². The third-order valence-corrected chi connectivity index (χ3v) is 4.31. The van der Waals surface area contributed by atoms with Gasteiger partial charge in [-0.3, -0.25) is 0 Å². The SMILES string of the molecule is O=S(=O)(O/C(=C(\CCl)SC(F)(F)F)c1ccccc1)C(F)(F)F. The minimum Gasteiger partial charge on any atom is -0.374 e. The van der Waals surface area contributed by atoms with Crippen molar-refractivity contribution in [3.8, 4) is 0 Å². The van der Waals surface area contributed by atoms with Crippen LogP contribution in [0.25, 0.3) is 5.76 Å². The highest BCUT2D eigenvalue weighted by atomic mass is 35.5. The average Bonchev–Trinajstić information content (AvgIpc) is 2.41. The van der Waals surface area contributed by atoms with E-state index < -0.39 is 49.4 Å². The van der Waals surface area contributed by atoms with E-state index in [4.69, 9.17) is 11.6 Å². The van der Waals surface area contributed by atoms with E-state index in [2.05, 4.69) is 4.18 Å². The lowest BCUT2D eigenvalue weighted by atomic mass is 10.2. The van der Waals surface area contributed by atoms with E-state index in [-0.39, 0.29) is 5.56 Å². The van der Waals surface area contributed by atoms with Gasteiger partial charge in [-0.05, 0) is 11.8 Å². The predicted molar refractivity (Wildman–Crippen MR) is 73.8 cm³/mol. The molecule has 0 aliphatic carbocycles. The Hall–Kier alpha value is -1.07. The summed E-state index contributed by atoms with van der Waals surface area (Å²) in [7, 11) is -6.15. The molecule has 0 spiro atoms. The van der Waals surface area contributed by atoms with Gasteiger partial charge in [-0.2, -0.15) is 34.8 Å². The maximum absolute atomic E-state index is 12.5.